The van der Waals surface area contributed by atoms with Crippen molar-refractivity contribution in [1.82, 2.24) is 0 Å². The molecule has 0 aliphatic carbocycles. The Labute approximate surface area is 70.3 Å². The lowest BCUT2D eigenvalue weighted by Crippen LogP contribution is -1.69. The third-order valence-electron chi connectivity index (χ3n) is 1.16. The summed E-state index contributed by atoms with van der Waals surface area (Å²) in [6, 6.07) is 5.81. The van der Waals surface area contributed by atoms with Crippen LogP contribution in [0.25, 0.3) is 0 Å². The first-order chi connectivity index (χ1) is 5.36. The van der Waals surface area contributed by atoms with Gasteiger partial charge in [-0.05, 0) is 12.1 Å². The van der Waals surface area contributed by atoms with Crippen molar-refractivity contribution in [2.24, 2.45) is 0 Å². The highest BCUT2D eigenvalue weighted by Gasteiger charge is 1.95. The van der Waals surface area contributed by atoms with Crippen LogP contribution in [-0.2, 0) is 6.42 Å². The summed E-state index contributed by atoms with van der Waals surface area (Å²) >= 11 is 1.48. The molecule has 1 nitrogen and oxygen atoms in total. The van der Waals surface area contributed by atoms with E-state index in [1.165, 1.54) is 11.3 Å². The molecule has 0 saturated heterocycles. The van der Waals surface area contributed by atoms with Gasteiger partial charge in [0.25, 0.3) is 0 Å². The van der Waals surface area contributed by atoms with Crippen LogP contribution in [0.15, 0.2) is 12.1 Å². The first-order valence-electron chi connectivity index (χ1n) is 3.10. The van der Waals surface area contributed by atoms with Crippen LogP contribution in [0.4, 0.5) is 0 Å². The van der Waals surface area contributed by atoms with Gasteiger partial charge in [0.05, 0.1) is 0 Å². The first kappa shape index (κ1) is 7.85. The van der Waals surface area contributed by atoms with Crippen molar-refractivity contribution in [3.05, 3.63) is 28.8 Å². The normalized spacial score (nSPS) is 8.00. The molecule has 0 spiro atoms. The summed E-state index contributed by atoms with van der Waals surface area (Å²) in [5, 5.41) is 8.49. The number of thiophene rings is 1. The van der Waals surface area contributed by atoms with Gasteiger partial charge in [0, 0.05) is 18.2 Å². The Morgan fingerprint density at radius 2 is 2.36 bits per heavy atom. The summed E-state index contributed by atoms with van der Waals surface area (Å²) in [4.78, 5) is 1.86. The van der Waals surface area contributed by atoms with Gasteiger partial charge in [-0.2, -0.15) is 5.26 Å². The summed E-state index contributed by atoms with van der Waals surface area (Å²) in [5.74, 6) is 5.41. The molecule has 0 aromatic carbocycles. The van der Waals surface area contributed by atoms with Crippen molar-refractivity contribution in [2.75, 3.05) is 0 Å². The van der Waals surface area contributed by atoms with E-state index in [9.17, 15) is 0 Å². The SMILES string of the molecule is [CH2]C#CCc1ccc(C#N)s1. The molecule has 0 atom stereocenters. The zero-order valence-electron chi connectivity index (χ0n) is 5.92. The fourth-order valence-corrected chi connectivity index (χ4v) is 1.43. The van der Waals surface area contributed by atoms with Gasteiger partial charge in [-0.15, -0.1) is 17.3 Å². The van der Waals surface area contributed by atoms with Crippen LogP contribution in [-0.4, -0.2) is 0 Å². The Morgan fingerprint density at radius 1 is 1.55 bits per heavy atom. The number of rotatable bonds is 1. The summed E-state index contributed by atoms with van der Waals surface area (Å²) in [6.07, 6.45) is 0.704. The van der Waals surface area contributed by atoms with Gasteiger partial charge >= 0.3 is 0 Å². The molecule has 1 rings (SSSR count). The summed E-state index contributed by atoms with van der Waals surface area (Å²) < 4.78 is 0. The van der Waals surface area contributed by atoms with E-state index in [-0.39, 0.29) is 0 Å². The Kier molecular flexibility index (Phi) is 2.72. The topological polar surface area (TPSA) is 23.8 Å². The molecule has 0 amide bonds. The zero-order valence-corrected chi connectivity index (χ0v) is 6.74. The zero-order chi connectivity index (χ0) is 8.10. The van der Waals surface area contributed by atoms with Crippen molar-refractivity contribution < 1.29 is 0 Å². The number of nitriles is 1. The standard InChI is InChI=1S/C9H6NS/c1-2-3-4-8-5-6-9(7-10)11-8/h5-6H,1,4H2. The molecule has 53 valence electrons. The molecule has 1 heterocycles. The van der Waals surface area contributed by atoms with Crippen LogP contribution in [0.1, 0.15) is 9.75 Å². The van der Waals surface area contributed by atoms with E-state index in [0.717, 1.165) is 9.75 Å². The van der Waals surface area contributed by atoms with Gasteiger partial charge in [-0.3, -0.25) is 0 Å². The molecule has 0 saturated carbocycles. The minimum absolute atomic E-state index is 0.704. The lowest BCUT2D eigenvalue weighted by Gasteiger charge is -1.80. The first-order valence-corrected chi connectivity index (χ1v) is 3.92. The van der Waals surface area contributed by atoms with Crippen molar-refractivity contribution in [1.29, 1.82) is 5.26 Å². The summed E-state index contributed by atoms with van der Waals surface area (Å²) in [7, 11) is 0. The van der Waals surface area contributed by atoms with Crippen LogP contribution in [0, 0.1) is 30.1 Å². The maximum absolute atomic E-state index is 8.49. The van der Waals surface area contributed by atoms with Gasteiger partial charge in [-0.25, -0.2) is 0 Å². The molecule has 0 aliphatic rings. The summed E-state index contributed by atoms with van der Waals surface area (Å²) in [6.45, 7) is 3.41. The number of hydrogen-bond acceptors (Lipinski definition) is 2. The van der Waals surface area contributed by atoms with E-state index in [2.05, 4.69) is 24.8 Å². The van der Waals surface area contributed by atoms with Gasteiger partial charge < -0.3 is 0 Å². The molecule has 1 radical (unpaired) electrons. The Hall–Kier alpha value is -1.25. The molecule has 2 heteroatoms. The molecule has 0 fully saturated rings. The Balaban J connectivity index is 2.72. The average molecular weight is 160 g/mol. The lowest BCUT2D eigenvalue weighted by atomic mass is 10.3. The average Bonchev–Trinajstić information content (AvgIpc) is 2.48. The third-order valence-corrected chi connectivity index (χ3v) is 2.15. The molecule has 11 heavy (non-hydrogen) atoms. The molecule has 1 aromatic heterocycles. The molecule has 0 unspecified atom stereocenters. The molecule has 0 aliphatic heterocycles. The maximum Gasteiger partial charge on any atom is 0.110 e. The molecule has 1 aromatic rings. The monoisotopic (exact) mass is 160 g/mol. The summed E-state index contributed by atoms with van der Waals surface area (Å²) in [5.41, 5.74) is 0. The fraction of sp³-hybridized carbons (Fsp3) is 0.111. The second-order valence-electron chi connectivity index (χ2n) is 1.91. The van der Waals surface area contributed by atoms with Crippen molar-refractivity contribution in [3.63, 3.8) is 0 Å². The molecular weight excluding hydrogens is 154 g/mol. The van der Waals surface area contributed by atoms with E-state index in [1.54, 1.807) is 0 Å². The van der Waals surface area contributed by atoms with Crippen molar-refractivity contribution in [3.8, 4) is 17.9 Å². The lowest BCUT2D eigenvalue weighted by molar-refractivity contribution is 1.41. The minimum atomic E-state index is 0.704. The van der Waals surface area contributed by atoms with Crippen molar-refractivity contribution >= 4 is 11.3 Å². The Morgan fingerprint density at radius 3 is 2.91 bits per heavy atom. The van der Waals surface area contributed by atoms with Crippen LogP contribution < -0.4 is 0 Å². The Bertz CT molecular complexity index is 332. The predicted molar refractivity (Wildman–Crippen MR) is 45.9 cm³/mol. The smallest absolute Gasteiger partial charge is 0.110 e. The minimum Gasteiger partial charge on any atom is -0.192 e. The van der Waals surface area contributed by atoms with Crippen LogP contribution in [0.5, 0.6) is 0 Å². The molecule has 0 N–H and O–H groups in total. The van der Waals surface area contributed by atoms with Gasteiger partial charge in [0.2, 0.25) is 0 Å². The second kappa shape index (κ2) is 3.81. The molecule has 0 bridgehead atoms. The third kappa shape index (κ3) is 2.11. The predicted octanol–water partition coefficient (Wildman–Crippen LogP) is 2.00. The van der Waals surface area contributed by atoms with E-state index in [0.29, 0.717) is 6.42 Å². The quantitative estimate of drug-likeness (QED) is 0.576. The second-order valence-corrected chi connectivity index (χ2v) is 3.08. The van der Waals surface area contributed by atoms with E-state index in [4.69, 9.17) is 5.26 Å². The van der Waals surface area contributed by atoms with Gasteiger partial charge in [0.15, 0.2) is 0 Å². The number of nitrogens with zero attached hydrogens (tertiary/aromatic N) is 1. The fourth-order valence-electron chi connectivity index (χ4n) is 0.683. The highest BCUT2D eigenvalue weighted by Crippen LogP contribution is 2.14. The largest absolute Gasteiger partial charge is 0.192 e. The van der Waals surface area contributed by atoms with E-state index >= 15 is 0 Å². The van der Waals surface area contributed by atoms with E-state index < -0.39 is 0 Å². The highest BCUT2D eigenvalue weighted by molar-refractivity contribution is 7.12. The molecular formula is C9H6NS. The van der Waals surface area contributed by atoms with Crippen LogP contribution in [0.3, 0.4) is 0 Å². The highest BCUT2D eigenvalue weighted by atomic mass is 32.1. The number of hydrogen-bond donors (Lipinski definition) is 0. The van der Waals surface area contributed by atoms with Crippen molar-refractivity contribution in [2.45, 2.75) is 6.42 Å². The van der Waals surface area contributed by atoms with Gasteiger partial charge in [-0.1, -0.05) is 5.92 Å². The van der Waals surface area contributed by atoms with Gasteiger partial charge in [0.1, 0.15) is 10.9 Å². The maximum atomic E-state index is 8.49. The van der Waals surface area contributed by atoms with Crippen LogP contribution in [0.2, 0.25) is 0 Å². The van der Waals surface area contributed by atoms with E-state index in [1.807, 2.05) is 12.1 Å². The van der Waals surface area contributed by atoms with Crippen LogP contribution >= 0.6 is 11.3 Å².